The molecule has 0 fully saturated rings. The molecular weight excluding hydrogens is 342 g/mol. The van der Waals surface area contributed by atoms with E-state index in [9.17, 15) is 9.59 Å². The molecule has 1 N–H and O–H groups in total. The molecular formula is C18H20ClN3O3. The Morgan fingerprint density at radius 1 is 1.24 bits per heavy atom. The lowest BCUT2D eigenvalue weighted by molar-refractivity contribution is 0.141. The van der Waals surface area contributed by atoms with Gasteiger partial charge in [0.25, 0.3) is 11.1 Å². The Morgan fingerprint density at radius 3 is 2.76 bits per heavy atom. The van der Waals surface area contributed by atoms with Gasteiger partial charge >= 0.3 is 0 Å². The lowest BCUT2D eigenvalue weighted by atomic mass is 10.2. The second-order valence-corrected chi connectivity index (χ2v) is 6.23. The highest BCUT2D eigenvalue weighted by Crippen LogP contribution is 2.16. The first-order valence-corrected chi connectivity index (χ1v) is 8.59. The van der Waals surface area contributed by atoms with Crippen LogP contribution in [0, 0.1) is 6.92 Å². The number of aromatic nitrogens is 3. The number of rotatable bonds is 6. The van der Waals surface area contributed by atoms with E-state index in [4.69, 9.17) is 16.3 Å². The van der Waals surface area contributed by atoms with Gasteiger partial charge in [-0.05, 0) is 38.5 Å². The minimum absolute atomic E-state index is 0.138. The SMILES string of the molecule is CCOCCCn1c(C)c2c(=O)n(-c3cccc(Cl)c3)[nH]c2cc1=O. The van der Waals surface area contributed by atoms with Crippen LogP contribution >= 0.6 is 11.6 Å². The summed E-state index contributed by atoms with van der Waals surface area (Å²) in [7, 11) is 0. The highest BCUT2D eigenvalue weighted by Gasteiger charge is 2.15. The quantitative estimate of drug-likeness (QED) is 0.686. The van der Waals surface area contributed by atoms with Crippen molar-refractivity contribution in [2.75, 3.05) is 13.2 Å². The van der Waals surface area contributed by atoms with Crippen LogP contribution in [0.5, 0.6) is 0 Å². The zero-order valence-corrected chi connectivity index (χ0v) is 15.0. The van der Waals surface area contributed by atoms with E-state index < -0.39 is 0 Å². The Labute approximate surface area is 149 Å². The normalized spacial score (nSPS) is 11.3. The number of halogens is 1. The lowest BCUT2D eigenvalue weighted by Gasteiger charge is -2.09. The molecule has 0 atom stereocenters. The van der Waals surface area contributed by atoms with Gasteiger partial charge in [0.15, 0.2) is 0 Å². The molecule has 0 unspecified atom stereocenters. The Bertz CT molecular complexity index is 1020. The van der Waals surface area contributed by atoms with Crippen molar-refractivity contribution in [1.29, 1.82) is 0 Å². The molecule has 6 nitrogen and oxygen atoms in total. The van der Waals surface area contributed by atoms with E-state index in [1.54, 1.807) is 35.8 Å². The minimum atomic E-state index is -0.201. The van der Waals surface area contributed by atoms with Crippen LogP contribution in [0.25, 0.3) is 16.6 Å². The fourth-order valence-electron chi connectivity index (χ4n) is 2.95. The van der Waals surface area contributed by atoms with E-state index in [-0.39, 0.29) is 11.1 Å². The predicted molar refractivity (Wildman–Crippen MR) is 99.0 cm³/mol. The first-order chi connectivity index (χ1) is 12.0. The first-order valence-electron chi connectivity index (χ1n) is 8.21. The van der Waals surface area contributed by atoms with Crippen LogP contribution in [0.3, 0.4) is 0 Å². The summed E-state index contributed by atoms with van der Waals surface area (Å²) in [4.78, 5) is 25.2. The maximum absolute atomic E-state index is 12.8. The summed E-state index contributed by atoms with van der Waals surface area (Å²) in [6.07, 6.45) is 0.715. The number of pyridine rings is 1. The number of fused-ring (bicyclic) bond motifs is 1. The molecule has 2 aromatic heterocycles. The maximum Gasteiger partial charge on any atom is 0.280 e. The molecule has 25 heavy (non-hydrogen) atoms. The zero-order valence-electron chi connectivity index (χ0n) is 14.2. The third-order valence-electron chi connectivity index (χ3n) is 4.16. The predicted octanol–water partition coefficient (Wildman–Crippen LogP) is 2.87. The molecule has 0 spiro atoms. The second-order valence-electron chi connectivity index (χ2n) is 5.79. The summed E-state index contributed by atoms with van der Waals surface area (Å²) in [5, 5.41) is 4.05. The van der Waals surface area contributed by atoms with Gasteiger partial charge < -0.3 is 9.30 Å². The Kier molecular flexibility index (Phi) is 5.11. The van der Waals surface area contributed by atoms with Crippen molar-refractivity contribution in [3.8, 4) is 5.69 Å². The van der Waals surface area contributed by atoms with Crippen molar-refractivity contribution in [2.24, 2.45) is 0 Å². The van der Waals surface area contributed by atoms with Gasteiger partial charge in [-0.2, -0.15) is 0 Å². The molecule has 2 heterocycles. The van der Waals surface area contributed by atoms with Crippen LogP contribution < -0.4 is 11.1 Å². The monoisotopic (exact) mass is 361 g/mol. The van der Waals surface area contributed by atoms with Crippen molar-refractivity contribution in [1.82, 2.24) is 14.3 Å². The molecule has 132 valence electrons. The number of aromatic amines is 1. The number of nitrogens with zero attached hydrogens (tertiary/aromatic N) is 2. The molecule has 0 saturated carbocycles. The molecule has 7 heteroatoms. The fraction of sp³-hybridized carbons (Fsp3) is 0.333. The summed E-state index contributed by atoms with van der Waals surface area (Å²) < 4.78 is 8.35. The van der Waals surface area contributed by atoms with Crippen molar-refractivity contribution < 1.29 is 4.74 Å². The second kappa shape index (κ2) is 7.29. The Hall–Kier alpha value is -2.31. The van der Waals surface area contributed by atoms with E-state index >= 15 is 0 Å². The molecule has 3 aromatic rings. The molecule has 1 aromatic carbocycles. The van der Waals surface area contributed by atoms with Crippen molar-refractivity contribution in [3.63, 3.8) is 0 Å². The molecule has 0 aliphatic heterocycles. The summed E-state index contributed by atoms with van der Waals surface area (Å²) in [5.74, 6) is 0. The van der Waals surface area contributed by atoms with E-state index in [0.717, 1.165) is 0 Å². The van der Waals surface area contributed by atoms with Crippen LogP contribution in [0.15, 0.2) is 39.9 Å². The number of H-pyrrole nitrogens is 1. The fourth-order valence-corrected chi connectivity index (χ4v) is 3.14. The number of benzene rings is 1. The Morgan fingerprint density at radius 2 is 2.04 bits per heavy atom. The number of hydrogen-bond acceptors (Lipinski definition) is 3. The van der Waals surface area contributed by atoms with Crippen molar-refractivity contribution >= 4 is 22.5 Å². The van der Waals surface area contributed by atoms with E-state index in [1.165, 1.54) is 10.7 Å². The molecule has 3 rings (SSSR count). The molecule has 0 aliphatic carbocycles. The van der Waals surface area contributed by atoms with Gasteiger partial charge in [-0.3, -0.25) is 14.7 Å². The molecule has 0 aliphatic rings. The third kappa shape index (κ3) is 3.41. The molecule has 0 radical (unpaired) electrons. The number of ether oxygens (including phenoxy) is 1. The van der Waals surface area contributed by atoms with Gasteiger partial charge in [0, 0.05) is 36.5 Å². The van der Waals surface area contributed by atoms with Gasteiger partial charge in [-0.15, -0.1) is 0 Å². The number of hydrogen-bond donors (Lipinski definition) is 1. The molecule has 0 bridgehead atoms. The maximum atomic E-state index is 12.8. The largest absolute Gasteiger partial charge is 0.382 e. The zero-order chi connectivity index (χ0) is 18.0. The smallest absolute Gasteiger partial charge is 0.280 e. The average Bonchev–Trinajstić information content (AvgIpc) is 2.90. The van der Waals surface area contributed by atoms with Gasteiger partial charge in [-0.25, -0.2) is 4.68 Å². The lowest BCUT2D eigenvalue weighted by Crippen LogP contribution is -2.24. The summed E-state index contributed by atoms with van der Waals surface area (Å²) >= 11 is 6.02. The summed E-state index contributed by atoms with van der Waals surface area (Å²) in [6.45, 7) is 5.47. The van der Waals surface area contributed by atoms with Gasteiger partial charge in [0.2, 0.25) is 0 Å². The van der Waals surface area contributed by atoms with Crippen LogP contribution in [0.4, 0.5) is 0 Å². The first kappa shape index (κ1) is 17.5. The Balaban J connectivity index is 2.08. The molecule has 0 amide bonds. The summed E-state index contributed by atoms with van der Waals surface area (Å²) in [5.41, 5.74) is 1.47. The van der Waals surface area contributed by atoms with Crippen LogP contribution in [-0.4, -0.2) is 27.6 Å². The standard InChI is InChI=1S/C18H20ClN3O3/c1-3-25-9-5-8-21-12(2)17-15(11-16(21)23)20-22(18(17)24)14-7-4-6-13(19)10-14/h4,6-7,10-11,20H,3,5,8-9H2,1-2H3. The highest BCUT2D eigenvalue weighted by molar-refractivity contribution is 6.30. The average molecular weight is 362 g/mol. The highest BCUT2D eigenvalue weighted by atomic mass is 35.5. The van der Waals surface area contributed by atoms with Gasteiger partial charge in [-0.1, -0.05) is 17.7 Å². The van der Waals surface area contributed by atoms with E-state index in [0.29, 0.717) is 53.5 Å². The minimum Gasteiger partial charge on any atom is -0.382 e. The molecule has 0 saturated heterocycles. The van der Waals surface area contributed by atoms with E-state index in [2.05, 4.69) is 5.10 Å². The number of aryl methyl sites for hydroxylation is 1. The van der Waals surface area contributed by atoms with Crippen molar-refractivity contribution in [3.05, 3.63) is 61.8 Å². The van der Waals surface area contributed by atoms with Crippen LogP contribution in [-0.2, 0) is 11.3 Å². The number of nitrogens with one attached hydrogen (secondary N) is 1. The van der Waals surface area contributed by atoms with Gasteiger partial charge in [0.05, 0.1) is 16.6 Å². The van der Waals surface area contributed by atoms with Crippen LogP contribution in [0.2, 0.25) is 5.02 Å². The third-order valence-corrected chi connectivity index (χ3v) is 4.40. The topological polar surface area (TPSA) is 69.0 Å². The van der Waals surface area contributed by atoms with E-state index in [1.807, 2.05) is 6.92 Å². The van der Waals surface area contributed by atoms with Gasteiger partial charge in [0.1, 0.15) is 0 Å². The summed E-state index contributed by atoms with van der Waals surface area (Å²) in [6, 6.07) is 8.46. The van der Waals surface area contributed by atoms with Crippen molar-refractivity contribution in [2.45, 2.75) is 26.8 Å². The van der Waals surface area contributed by atoms with Crippen LogP contribution in [0.1, 0.15) is 19.0 Å².